The van der Waals surface area contributed by atoms with Crippen molar-refractivity contribution in [3.63, 3.8) is 0 Å². The van der Waals surface area contributed by atoms with E-state index in [2.05, 4.69) is 37.5 Å². The van der Waals surface area contributed by atoms with Gasteiger partial charge in [-0.1, -0.05) is 18.2 Å². The van der Waals surface area contributed by atoms with E-state index >= 15 is 0 Å². The monoisotopic (exact) mass is 234 g/mol. The van der Waals surface area contributed by atoms with Crippen LogP contribution in [0.2, 0.25) is 0 Å². The molecular formula is C14H22N2O. The van der Waals surface area contributed by atoms with Crippen LogP contribution in [0.3, 0.4) is 0 Å². The average Bonchev–Trinajstić information content (AvgIpc) is 2.30. The summed E-state index contributed by atoms with van der Waals surface area (Å²) in [6.07, 6.45) is 6.06. The van der Waals surface area contributed by atoms with Gasteiger partial charge >= 0.3 is 0 Å². The highest BCUT2D eigenvalue weighted by molar-refractivity contribution is 5.73. The van der Waals surface area contributed by atoms with E-state index in [4.69, 9.17) is 0 Å². The fourth-order valence-electron chi connectivity index (χ4n) is 1.83. The van der Waals surface area contributed by atoms with Crippen molar-refractivity contribution in [3.8, 4) is 0 Å². The summed E-state index contributed by atoms with van der Waals surface area (Å²) in [7, 11) is 0. The van der Waals surface area contributed by atoms with Gasteiger partial charge < -0.3 is 9.80 Å². The molecule has 3 heteroatoms. The molecule has 1 aliphatic rings. The predicted molar refractivity (Wildman–Crippen MR) is 71.5 cm³/mol. The van der Waals surface area contributed by atoms with Gasteiger partial charge in [-0.2, -0.15) is 0 Å². The van der Waals surface area contributed by atoms with Gasteiger partial charge in [-0.25, -0.2) is 0 Å². The Morgan fingerprint density at radius 3 is 1.94 bits per heavy atom. The lowest BCUT2D eigenvalue weighted by atomic mass is 10.2. The van der Waals surface area contributed by atoms with Gasteiger partial charge in [0.15, 0.2) is 0 Å². The molecule has 0 aromatic heterocycles. The lowest BCUT2D eigenvalue weighted by Gasteiger charge is -2.36. The number of piperazine rings is 1. The molecule has 0 spiro atoms. The molecule has 1 aliphatic heterocycles. The molecule has 0 radical (unpaired) electrons. The molecule has 1 fully saturated rings. The fourth-order valence-corrected chi connectivity index (χ4v) is 1.83. The molecule has 1 amide bonds. The van der Waals surface area contributed by atoms with Crippen LogP contribution in [0.5, 0.6) is 0 Å². The van der Waals surface area contributed by atoms with Crippen LogP contribution >= 0.6 is 0 Å². The Kier molecular flexibility index (Phi) is 5.01. The van der Waals surface area contributed by atoms with Crippen molar-refractivity contribution in [1.82, 2.24) is 9.80 Å². The number of hydrogen-bond acceptors (Lipinski definition) is 2. The zero-order valence-electron chi connectivity index (χ0n) is 11.1. The summed E-state index contributed by atoms with van der Waals surface area (Å²) in [5.74, 6) is 0.165. The third-order valence-electron chi connectivity index (χ3n) is 2.89. The standard InChI is InChI=1S/C14H22N2O/c1-5-14(7-6-12(2)3)16-10-8-15(9-11-16)13(4)17/h5-7H,1,8-11H2,2-4H3/b14-7+. The van der Waals surface area contributed by atoms with Gasteiger partial charge in [0.05, 0.1) is 0 Å². The molecule has 3 nitrogen and oxygen atoms in total. The Bertz CT molecular complexity index is 343. The van der Waals surface area contributed by atoms with E-state index in [9.17, 15) is 4.79 Å². The van der Waals surface area contributed by atoms with Crippen LogP contribution in [0.25, 0.3) is 0 Å². The van der Waals surface area contributed by atoms with Crippen molar-refractivity contribution in [2.75, 3.05) is 26.2 Å². The highest BCUT2D eigenvalue weighted by Crippen LogP contribution is 2.11. The molecule has 0 aromatic rings. The molecular weight excluding hydrogens is 212 g/mol. The first-order chi connectivity index (χ1) is 8.04. The molecule has 0 N–H and O–H groups in total. The molecule has 0 aliphatic carbocycles. The van der Waals surface area contributed by atoms with E-state index in [1.165, 1.54) is 5.57 Å². The molecule has 0 atom stereocenters. The third-order valence-corrected chi connectivity index (χ3v) is 2.89. The van der Waals surface area contributed by atoms with E-state index in [-0.39, 0.29) is 5.91 Å². The number of rotatable bonds is 3. The normalized spacial score (nSPS) is 16.8. The third kappa shape index (κ3) is 4.10. The molecule has 0 unspecified atom stereocenters. The zero-order chi connectivity index (χ0) is 12.8. The quantitative estimate of drug-likeness (QED) is 0.699. The van der Waals surface area contributed by atoms with Gasteiger partial charge in [0.25, 0.3) is 0 Å². The second-order valence-electron chi connectivity index (χ2n) is 4.53. The lowest BCUT2D eigenvalue weighted by Crippen LogP contribution is -2.47. The highest BCUT2D eigenvalue weighted by atomic mass is 16.2. The smallest absolute Gasteiger partial charge is 0.219 e. The SMILES string of the molecule is C=C/C(=C\C=C(C)C)N1CCN(C(C)=O)CC1. The maximum absolute atomic E-state index is 11.2. The Morgan fingerprint density at radius 2 is 1.53 bits per heavy atom. The summed E-state index contributed by atoms with van der Waals surface area (Å²) < 4.78 is 0. The summed E-state index contributed by atoms with van der Waals surface area (Å²) in [6.45, 7) is 13.0. The molecule has 0 bridgehead atoms. The minimum atomic E-state index is 0.165. The van der Waals surface area contributed by atoms with Crippen LogP contribution in [0.1, 0.15) is 20.8 Å². The maximum Gasteiger partial charge on any atom is 0.219 e. The largest absolute Gasteiger partial charge is 0.368 e. The van der Waals surface area contributed by atoms with Crippen LogP contribution in [0.15, 0.2) is 36.1 Å². The van der Waals surface area contributed by atoms with Crippen LogP contribution in [0.4, 0.5) is 0 Å². The second-order valence-corrected chi connectivity index (χ2v) is 4.53. The summed E-state index contributed by atoms with van der Waals surface area (Å²) in [5, 5.41) is 0. The zero-order valence-corrected chi connectivity index (χ0v) is 11.1. The number of hydrogen-bond donors (Lipinski definition) is 0. The van der Waals surface area contributed by atoms with Crippen molar-refractivity contribution in [3.05, 3.63) is 36.1 Å². The Morgan fingerprint density at radius 1 is 1.00 bits per heavy atom. The molecule has 1 rings (SSSR count). The molecule has 1 heterocycles. The molecule has 0 aromatic carbocycles. The Hall–Kier alpha value is -1.51. The van der Waals surface area contributed by atoms with Gasteiger partial charge in [-0.15, -0.1) is 0 Å². The summed E-state index contributed by atoms with van der Waals surface area (Å²) in [6, 6.07) is 0. The Balaban J connectivity index is 2.63. The van der Waals surface area contributed by atoms with Crippen LogP contribution < -0.4 is 0 Å². The summed E-state index contributed by atoms with van der Waals surface area (Å²) in [4.78, 5) is 15.4. The van der Waals surface area contributed by atoms with E-state index in [1.807, 2.05) is 11.0 Å². The van der Waals surface area contributed by atoms with Crippen LogP contribution in [0, 0.1) is 0 Å². The van der Waals surface area contributed by atoms with Crippen molar-refractivity contribution in [2.24, 2.45) is 0 Å². The molecule has 17 heavy (non-hydrogen) atoms. The Labute approximate surface area is 104 Å². The first-order valence-corrected chi connectivity index (χ1v) is 6.02. The average molecular weight is 234 g/mol. The van der Waals surface area contributed by atoms with Gasteiger partial charge in [0.2, 0.25) is 5.91 Å². The number of allylic oxidation sites excluding steroid dienone is 4. The fraction of sp³-hybridized carbons (Fsp3) is 0.500. The van der Waals surface area contributed by atoms with E-state index < -0.39 is 0 Å². The van der Waals surface area contributed by atoms with E-state index in [0.29, 0.717) is 0 Å². The van der Waals surface area contributed by atoms with Crippen molar-refractivity contribution >= 4 is 5.91 Å². The number of carbonyl (C=O) groups excluding carboxylic acids is 1. The number of nitrogens with zero attached hydrogens (tertiary/aromatic N) is 2. The molecule has 94 valence electrons. The summed E-state index contributed by atoms with van der Waals surface area (Å²) in [5.41, 5.74) is 2.40. The maximum atomic E-state index is 11.2. The van der Waals surface area contributed by atoms with Gasteiger partial charge in [-0.3, -0.25) is 4.79 Å². The van der Waals surface area contributed by atoms with Crippen LogP contribution in [-0.2, 0) is 4.79 Å². The van der Waals surface area contributed by atoms with Crippen molar-refractivity contribution < 1.29 is 4.79 Å². The van der Waals surface area contributed by atoms with Crippen molar-refractivity contribution in [1.29, 1.82) is 0 Å². The van der Waals surface area contributed by atoms with Gasteiger partial charge in [0, 0.05) is 38.8 Å². The molecule has 1 saturated heterocycles. The topological polar surface area (TPSA) is 23.6 Å². The molecule has 0 saturated carbocycles. The number of amides is 1. The second kappa shape index (κ2) is 6.28. The van der Waals surface area contributed by atoms with Gasteiger partial charge in [-0.05, 0) is 26.0 Å². The van der Waals surface area contributed by atoms with E-state index in [0.717, 1.165) is 31.9 Å². The van der Waals surface area contributed by atoms with E-state index in [1.54, 1.807) is 6.92 Å². The number of carbonyl (C=O) groups is 1. The lowest BCUT2D eigenvalue weighted by molar-refractivity contribution is -0.130. The predicted octanol–water partition coefficient (Wildman–Crippen LogP) is 2.19. The highest BCUT2D eigenvalue weighted by Gasteiger charge is 2.18. The van der Waals surface area contributed by atoms with Crippen molar-refractivity contribution in [2.45, 2.75) is 20.8 Å². The first kappa shape index (κ1) is 13.6. The summed E-state index contributed by atoms with van der Waals surface area (Å²) >= 11 is 0. The minimum Gasteiger partial charge on any atom is -0.368 e. The van der Waals surface area contributed by atoms with Crippen LogP contribution in [-0.4, -0.2) is 41.9 Å². The minimum absolute atomic E-state index is 0.165. The van der Waals surface area contributed by atoms with Gasteiger partial charge in [0.1, 0.15) is 0 Å². The first-order valence-electron chi connectivity index (χ1n) is 6.02.